The van der Waals surface area contributed by atoms with E-state index in [4.69, 9.17) is 0 Å². The fourth-order valence-electron chi connectivity index (χ4n) is 2.05. The summed E-state index contributed by atoms with van der Waals surface area (Å²) in [6, 6.07) is 6.76. The van der Waals surface area contributed by atoms with Gasteiger partial charge in [0, 0.05) is 10.7 Å². The van der Waals surface area contributed by atoms with Crippen LogP contribution in [0.1, 0.15) is 5.56 Å². The molecule has 0 radical (unpaired) electrons. The summed E-state index contributed by atoms with van der Waals surface area (Å²) in [5.74, 6) is -0.431. The van der Waals surface area contributed by atoms with Gasteiger partial charge in [-0.1, -0.05) is 15.9 Å². The van der Waals surface area contributed by atoms with Crippen molar-refractivity contribution in [2.45, 2.75) is 0 Å². The third-order valence-corrected chi connectivity index (χ3v) is 3.60. The van der Waals surface area contributed by atoms with Crippen molar-refractivity contribution in [3.05, 3.63) is 73.0 Å². The summed E-state index contributed by atoms with van der Waals surface area (Å²) >= 11 is 3.30. The molecule has 6 nitrogen and oxygen atoms in total. The standard InChI is InChI=1S/C15H10BrN3O3/c16-9-3-5-11(6-4-9)19-14(21)12(13(20)18-15(19)22)8-10-2-1-7-17-10/h1-8,21H,(H,18,20,22)/b10-8+. The molecule has 2 heterocycles. The fourth-order valence-corrected chi connectivity index (χ4v) is 2.31. The molecule has 110 valence electrons. The number of H-pyrrole nitrogens is 1. The molecular formula is C15H10BrN3O3. The second-order valence-electron chi connectivity index (χ2n) is 4.51. The van der Waals surface area contributed by atoms with Gasteiger partial charge in [0.2, 0.25) is 5.88 Å². The van der Waals surface area contributed by atoms with Crippen LogP contribution in [-0.4, -0.2) is 20.9 Å². The Kier molecular flexibility index (Phi) is 3.64. The fraction of sp³-hybridized carbons (Fsp3) is 0. The second-order valence-corrected chi connectivity index (χ2v) is 5.43. The Bertz CT molecular complexity index is 920. The van der Waals surface area contributed by atoms with Crippen LogP contribution in [0.25, 0.3) is 11.8 Å². The highest BCUT2D eigenvalue weighted by molar-refractivity contribution is 9.10. The van der Waals surface area contributed by atoms with E-state index in [1.807, 2.05) is 0 Å². The Hall–Kier alpha value is -2.67. The van der Waals surface area contributed by atoms with Gasteiger partial charge >= 0.3 is 5.69 Å². The Balaban J connectivity index is 2.24. The lowest BCUT2D eigenvalue weighted by Gasteiger charge is -2.10. The summed E-state index contributed by atoms with van der Waals surface area (Å²) < 4.78 is 1.86. The number of aliphatic imine (C=N–C) groups is 1. The molecule has 0 unspecified atom stereocenters. The Morgan fingerprint density at radius 2 is 1.95 bits per heavy atom. The zero-order valence-corrected chi connectivity index (χ0v) is 12.7. The van der Waals surface area contributed by atoms with Crippen molar-refractivity contribution in [3.63, 3.8) is 0 Å². The van der Waals surface area contributed by atoms with Crippen molar-refractivity contribution in [2.75, 3.05) is 0 Å². The zero-order chi connectivity index (χ0) is 15.7. The molecule has 0 saturated heterocycles. The molecule has 0 bridgehead atoms. The first kappa shape index (κ1) is 14.3. The molecule has 22 heavy (non-hydrogen) atoms. The van der Waals surface area contributed by atoms with E-state index in [0.717, 1.165) is 9.04 Å². The number of aromatic nitrogens is 2. The maximum Gasteiger partial charge on any atom is 0.335 e. The second kappa shape index (κ2) is 5.61. The topological polar surface area (TPSA) is 87.5 Å². The largest absolute Gasteiger partial charge is 0.494 e. The Labute approximate surface area is 132 Å². The van der Waals surface area contributed by atoms with E-state index < -0.39 is 17.1 Å². The normalized spacial score (nSPS) is 14.9. The van der Waals surface area contributed by atoms with Crippen LogP contribution in [0, 0.1) is 0 Å². The quantitative estimate of drug-likeness (QED) is 0.859. The van der Waals surface area contributed by atoms with Crippen LogP contribution < -0.4 is 11.2 Å². The molecule has 0 saturated carbocycles. The number of nitrogens with zero attached hydrogens (tertiary/aromatic N) is 2. The minimum absolute atomic E-state index is 0.0266. The van der Waals surface area contributed by atoms with Gasteiger partial charge in [0.15, 0.2) is 0 Å². The van der Waals surface area contributed by atoms with Crippen LogP contribution in [0.5, 0.6) is 5.88 Å². The first-order valence-electron chi connectivity index (χ1n) is 6.33. The highest BCUT2D eigenvalue weighted by Crippen LogP contribution is 2.21. The van der Waals surface area contributed by atoms with E-state index in [0.29, 0.717) is 11.4 Å². The number of hydrogen-bond acceptors (Lipinski definition) is 4. The average molecular weight is 360 g/mol. The molecule has 2 aromatic rings. The third kappa shape index (κ3) is 2.58. The van der Waals surface area contributed by atoms with Gasteiger partial charge in [0.1, 0.15) is 5.56 Å². The van der Waals surface area contributed by atoms with Crippen molar-refractivity contribution in [1.82, 2.24) is 9.55 Å². The van der Waals surface area contributed by atoms with Crippen LogP contribution in [0.2, 0.25) is 0 Å². The number of hydrogen-bond donors (Lipinski definition) is 2. The molecule has 2 N–H and O–H groups in total. The van der Waals surface area contributed by atoms with E-state index in [1.54, 1.807) is 42.6 Å². The lowest BCUT2D eigenvalue weighted by atomic mass is 10.2. The highest BCUT2D eigenvalue weighted by Gasteiger charge is 2.14. The molecule has 0 fully saturated rings. The molecule has 1 aliphatic heterocycles. The number of benzene rings is 1. The molecule has 7 heteroatoms. The SMILES string of the molecule is O=c1[nH]c(=O)n(-c2ccc(Br)cc2)c(O)c1/C=C1\C=CC=N1. The van der Waals surface area contributed by atoms with Crippen molar-refractivity contribution >= 4 is 28.2 Å². The number of halogens is 1. The molecule has 0 spiro atoms. The molecule has 3 rings (SSSR count). The number of allylic oxidation sites excluding steroid dienone is 2. The first-order chi connectivity index (χ1) is 10.6. The lowest BCUT2D eigenvalue weighted by molar-refractivity contribution is 0.429. The molecule has 1 aliphatic rings. The number of nitrogens with one attached hydrogen (secondary N) is 1. The van der Waals surface area contributed by atoms with Crippen molar-refractivity contribution in [2.24, 2.45) is 4.99 Å². The van der Waals surface area contributed by atoms with E-state index in [-0.39, 0.29) is 5.56 Å². The van der Waals surface area contributed by atoms with E-state index in [2.05, 4.69) is 25.9 Å². The zero-order valence-electron chi connectivity index (χ0n) is 11.2. The molecule has 0 atom stereocenters. The van der Waals surface area contributed by atoms with Gasteiger partial charge in [0.25, 0.3) is 5.56 Å². The molecule has 0 aliphatic carbocycles. The van der Waals surface area contributed by atoms with Crippen LogP contribution in [0.15, 0.2) is 61.2 Å². The predicted octanol–water partition coefficient (Wildman–Crippen LogP) is 1.98. The maximum absolute atomic E-state index is 12.0. The maximum atomic E-state index is 12.0. The van der Waals surface area contributed by atoms with Crippen LogP contribution in [0.4, 0.5) is 0 Å². The van der Waals surface area contributed by atoms with Gasteiger partial charge in [-0.15, -0.1) is 0 Å². The minimum atomic E-state index is -0.711. The summed E-state index contributed by atoms with van der Waals surface area (Å²) in [5, 5.41) is 10.3. The first-order valence-corrected chi connectivity index (χ1v) is 7.12. The number of rotatable bonds is 2. The van der Waals surface area contributed by atoms with Gasteiger partial charge in [-0.25, -0.2) is 9.36 Å². The third-order valence-electron chi connectivity index (χ3n) is 3.07. The summed E-state index contributed by atoms with van der Waals surface area (Å²) in [4.78, 5) is 30.1. The predicted molar refractivity (Wildman–Crippen MR) is 87.6 cm³/mol. The van der Waals surface area contributed by atoms with Crippen molar-refractivity contribution < 1.29 is 5.11 Å². The Morgan fingerprint density at radius 1 is 1.23 bits per heavy atom. The Morgan fingerprint density at radius 3 is 2.59 bits per heavy atom. The van der Waals surface area contributed by atoms with Crippen LogP contribution in [-0.2, 0) is 0 Å². The molecule has 1 aromatic carbocycles. The van der Waals surface area contributed by atoms with Gasteiger partial charge in [-0.3, -0.25) is 14.8 Å². The molecule has 1 aromatic heterocycles. The van der Waals surface area contributed by atoms with Crippen LogP contribution >= 0.6 is 15.9 Å². The van der Waals surface area contributed by atoms with E-state index in [9.17, 15) is 14.7 Å². The minimum Gasteiger partial charge on any atom is -0.494 e. The summed E-state index contributed by atoms with van der Waals surface area (Å²) in [5.41, 5.74) is -0.452. The average Bonchev–Trinajstić information content (AvgIpc) is 2.98. The summed E-state index contributed by atoms with van der Waals surface area (Å²) in [6.07, 6.45) is 6.39. The van der Waals surface area contributed by atoms with Crippen molar-refractivity contribution in [3.8, 4) is 11.6 Å². The number of aromatic hydroxyl groups is 1. The summed E-state index contributed by atoms with van der Waals surface area (Å²) in [7, 11) is 0. The van der Waals surface area contributed by atoms with Gasteiger partial charge in [-0.05, 0) is 42.5 Å². The number of aromatic amines is 1. The smallest absolute Gasteiger partial charge is 0.335 e. The monoisotopic (exact) mass is 359 g/mol. The molecular weight excluding hydrogens is 350 g/mol. The molecule has 0 amide bonds. The van der Waals surface area contributed by atoms with Gasteiger partial charge < -0.3 is 5.11 Å². The van der Waals surface area contributed by atoms with Crippen molar-refractivity contribution in [1.29, 1.82) is 0 Å². The van der Waals surface area contributed by atoms with Gasteiger partial charge in [-0.2, -0.15) is 0 Å². The van der Waals surface area contributed by atoms with Crippen LogP contribution in [0.3, 0.4) is 0 Å². The lowest BCUT2D eigenvalue weighted by Crippen LogP contribution is -2.30. The highest BCUT2D eigenvalue weighted by atomic mass is 79.9. The van der Waals surface area contributed by atoms with Gasteiger partial charge in [0.05, 0.1) is 11.4 Å². The summed E-state index contributed by atoms with van der Waals surface area (Å²) in [6.45, 7) is 0. The van der Waals surface area contributed by atoms with E-state index >= 15 is 0 Å². The van der Waals surface area contributed by atoms with E-state index in [1.165, 1.54) is 6.08 Å².